The summed E-state index contributed by atoms with van der Waals surface area (Å²) in [5.74, 6) is 0.275. The van der Waals surface area contributed by atoms with E-state index in [0.29, 0.717) is 33.0 Å². The summed E-state index contributed by atoms with van der Waals surface area (Å²) in [6, 6.07) is 12.0. The van der Waals surface area contributed by atoms with Crippen LogP contribution in [0.3, 0.4) is 0 Å². The third-order valence-electron chi connectivity index (χ3n) is 3.99. The van der Waals surface area contributed by atoms with Crippen LogP contribution in [-0.4, -0.2) is 29.9 Å². The van der Waals surface area contributed by atoms with Crippen molar-refractivity contribution in [1.29, 1.82) is 0 Å². The highest BCUT2D eigenvalue weighted by Gasteiger charge is 2.35. The number of ether oxygens (including phenoxy) is 2. The second kappa shape index (κ2) is 8.45. The zero-order valence-electron chi connectivity index (χ0n) is 15.3. The molecule has 0 saturated carbocycles. The van der Waals surface area contributed by atoms with Gasteiger partial charge in [-0.1, -0.05) is 42.2 Å². The van der Waals surface area contributed by atoms with Crippen LogP contribution in [0.25, 0.3) is 6.08 Å². The second-order valence-corrected chi connectivity index (χ2v) is 7.42. The minimum absolute atomic E-state index is 0.239. The Hall–Kier alpha value is -2.84. The Morgan fingerprint density at radius 2 is 2.00 bits per heavy atom. The molecular weight excluding hydrogens is 396 g/mol. The summed E-state index contributed by atoms with van der Waals surface area (Å²) in [6.07, 6.45) is 1.73. The Morgan fingerprint density at radius 3 is 2.68 bits per heavy atom. The lowest BCUT2D eigenvalue weighted by Crippen LogP contribution is -2.30. The van der Waals surface area contributed by atoms with Gasteiger partial charge in [0.15, 0.2) is 15.8 Å². The van der Waals surface area contributed by atoms with Gasteiger partial charge in [-0.15, -0.1) is 0 Å². The van der Waals surface area contributed by atoms with Crippen molar-refractivity contribution >= 4 is 51.9 Å². The molecule has 0 aromatic heterocycles. The molecule has 8 heteroatoms. The average molecular weight is 415 g/mol. The Labute approximate surface area is 172 Å². The normalized spacial score (nSPS) is 15.2. The number of primary amides is 1. The van der Waals surface area contributed by atoms with Gasteiger partial charge in [0.1, 0.15) is 0 Å². The Kier molecular flexibility index (Phi) is 6.01. The van der Waals surface area contributed by atoms with E-state index in [2.05, 4.69) is 0 Å². The van der Waals surface area contributed by atoms with E-state index in [1.165, 1.54) is 4.90 Å². The first-order valence-electron chi connectivity index (χ1n) is 8.44. The van der Waals surface area contributed by atoms with Crippen LogP contribution in [0.2, 0.25) is 0 Å². The molecule has 28 heavy (non-hydrogen) atoms. The fourth-order valence-corrected chi connectivity index (χ4v) is 4.04. The van der Waals surface area contributed by atoms with Gasteiger partial charge in [0.25, 0.3) is 11.8 Å². The third-order valence-corrected chi connectivity index (χ3v) is 5.29. The van der Waals surface area contributed by atoms with E-state index in [9.17, 15) is 9.59 Å². The number of carbonyl (C=O) groups is 2. The lowest BCUT2D eigenvalue weighted by molar-refractivity contribution is -0.113. The molecular formula is C20H18N2O4S2. The van der Waals surface area contributed by atoms with Crippen LogP contribution in [-0.2, 0) is 4.79 Å². The highest BCUT2D eigenvalue weighted by Crippen LogP contribution is 2.38. The Morgan fingerprint density at radius 1 is 1.25 bits per heavy atom. The summed E-state index contributed by atoms with van der Waals surface area (Å²) in [6.45, 7) is 2.41. The predicted octanol–water partition coefficient (Wildman–Crippen LogP) is 3.60. The van der Waals surface area contributed by atoms with E-state index in [-0.39, 0.29) is 11.5 Å². The highest BCUT2D eigenvalue weighted by molar-refractivity contribution is 8.27. The molecule has 0 bridgehead atoms. The van der Waals surface area contributed by atoms with Crippen LogP contribution in [0.4, 0.5) is 5.69 Å². The molecule has 1 fully saturated rings. The van der Waals surface area contributed by atoms with Crippen LogP contribution >= 0.6 is 24.0 Å². The van der Waals surface area contributed by atoms with Crippen molar-refractivity contribution in [3.05, 3.63) is 58.5 Å². The fourth-order valence-electron chi connectivity index (χ4n) is 2.75. The molecule has 1 aliphatic heterocycles. The number of hydrogen-bond acceptors (Lipinski definition) is 6. The van der Waals surface area contributed by atoms with Gasteiger partial charge in [0.05, 0.1) is 29.9 Å². The molecule has 2 aromatic rings. The fraction of sp³-hybridized carbons (Fsp3) is 0.150. The first-order chi connectivity index (χ1) is 13.5. The monoisotopic (exact) mass is 414 g/mol. The van der Waals surface area contributed by atoms with E-state index >= 15 is 0 Å². The molecule has 2 aromatic carbocycles. The number of rotatable bonds is 6. The van der Waals surface area contributed by atoms with E-state index in [0.717, 1.165) is 17.3 Å². The molecule has 0 unspecified atom stereocenters. The molecule has 0 aliphatic carbocycles. The maximum absolute atomic E-state index is 13.0. The SMILES string of the molecule is CCOc1ccc(/C=C2\SC(=S)N(c3ccccc3C(N)=O)C2=O)cc1OC. The molecule has 144 valence electrons. The number of anilines is 1. The van der Waals surface area contributed by atoms with Crippen molar-refractivity contribution in [2.75, 3.05) is 18.6 Å². The third kappa shape index (κ3) is 3.88. The molecule has 1 aliphatic rings. The van der Waals surface area contributed by atoms with Gasteiger partial charge in [0, 0.05) is 0 Å². The first-order valence-corrected chi connectivity index (χ1v) is 9.66. The summed E-state index contributed by atoms with van der Waals surface area (Å²) in [7, 11) is 1.56. The highest BCUT2D eigenvalue weighted by atomic mass is 32.2. The number of thiocarbonyl (C=S) groups is 1. The summed E-state index contributed by atoms with van der Waals surface area (Å²) >= 11 is 6.54. The number of nitrogens with two attached hydrogens (primary N) is 1. The number of para-hydroxylation sites is 1. The maximum Gasteiger partial charge on any atom is 0.270 e. The van der Waals surface area contributed by atoms with E-state index in [4.69, 9.17) is 27.4 Å². The van der Waals surface area contributed by atoms with Crippen molar-refractivity contribution in [1.82, 2.24) is 0 Å². The van der Waals surface area contributed by atoms with Gasteiger partial charge in [-0.05, 0) is 42.8 Å². The Balaban J connectivity index is 1.95. The van der Waals surface area contributed by atoms with Crippen molar-refractivity contribution in [3.63, 3.8) is 0 Å². The van der Waals surface area contributed by atoms with Gasteiger partial charge >= 0.3 is 0 Å². The number of hydrogen-bond donors (Lipinski definition) is 1. The molecule has 0 spiro atoms. The standard InChI is InChI=1S/C20H18N2O4S2/c1-3-26-15-9-8-12(10-16(15)25-2)11-17-19(24)22(20(27)28-17)14-7-5-4-6-13(14)18(21)23/h4-11H,3H2,1-2H3,(H2,21,23)/b17-11-. The second-order valence-electron chi connectivity index (χ2n) is 5.74. The van der Waals surface area contributed by atoms with Crippen LogP contribution in [0.5, 0.6) is 11.5 Å². The van der Waals surface area contributed by atoms with Crippen LogP contribution in [0, 0.1) is 0 Å². The number of thioether (sulfide) groups is 1. The summed E-state index contributed by atoms with van der Waals surface area (Å²) < 4.78 is 11.2. The average Bonchev–Trinajstić information content (AvgIpc) is 2.96. The molecule has 0 radical (unpaired) electrons. The van der Waals surface area contributed by atoms with Crippen molar-refractivity contribution in [3.8, 4) is 11.5 Å². The zero-order valence-corrected chi connectivity index (χ0v) is 16.9. The van der Waals surface area contributed by atoms with Crippen molar-refractivity contribution in [2.24, 2.45) is 5.73 Å². The van der Waals surface area contributed by atoms with E-state index in [1.54, 1.807) is 49.6 Å². The summed E-state index contributed by atoms with van der Waals surface area (Å²) in [5.41, 5.74) is 6.82. The molecule has 1 heterocycles. The first kappa shape index (κ1) is 19.9. The number of benzene rings is 2. The molecule has 2 amide bonds. The Bertz CT molecular complexity index is 988. The minimum atomic E-state index is -0.620. The minimum Gasteiger partial charge on any atom is -0.493 e. The van der Waals surface area contributed by atoms with E-state index < -0.39 is 5.91 Å². The zero-order chi connectivity index (χ0) is 20.3. The lowest BCUT2D eigenvalue weighted by atomic mass is 10.1. The van der Waals surface area contributed by atoms with Crippen LogP contribution < -0.4 is 20.1 Å². The molecule has 1 saturated heterocycles. The molecule has 0 atom stereocenters. The van der Waals surface area contributed by atoms with Gasteiger partial charge in [0.2, 0.25) is 0 Å². The lowest BCUT2D eigenvalue weighted by Gasteiger charge is -2.17. The molecule has 6 nitrogen and oxygen atoms in total. The van der Waals surface area contributed by atoms with Crippen LogP contribution in [0.1, 0.15) is 22.8 Å². The summed E-state index contributed by atoms with van der Waals surface area (Å²) in [5, 5.41) is 0. The van der Waals surface area contributed by atoms with E-state index in [1.807, 2.05) is 13.0 Å². The number of nitrogens with zero attached hydrogens (tertiary/aromatic N) is 1. The smallest absolute Gasteiger partial charge is 0.270 e. The quantitative estimate of drug-likeness (QED) is 0.575. The molecule has 3 rings (SSSR count). The van der Waals surface area contributed by atoms with Gasteiger partial charge in [-0.3, -0.25) is 14.5 Å². The largest absolute Gasteiger partial charge is 0.493 e. The van der Waals surface area contributed by atoms with Crippen molar-refractivity contribution < 1.29 is 19.1 Å². The summed E-state index contributed by atoms with van der Waals surface area (Å²) in [4.78, 5) is 26.4. The van der Waals surface area contributed by atoms with Crippen molar-refractivity contribution in [2.45, 2.75) is 6.92 Å². The number of amides is 2. The van der Waals surface area contributed by atoms with Gasteiger partial charge in [-0.25, -0.2) is 0 Å². The number of carbonyl (C=O) groups excluding carboxylic acids is 2. The predicted molar refractivity (Wildman–Crippen MR) is 115 cm³/mol. The molecule has 2 N–H and O–H groups in total. The topological polar surface area (TPSA) is 81.9 Å². The van der Waals surface area contributed by atoms with Gasteiger partial charge < -0.3 is 15.2 Å². The van der Waals surface area contributed by atoms with Gasteiger partial charge in [-0.2, -0.15) is 0 Å². The maximum atomic E-state index is 13.0. The van der Waals surface area contributed by atoms with Crippen LogP contribution in [0.15, 0.2) is 47.4 Å². The number of methoxy groups -OCH3 is 1.